The van der Waals surface area contributed by atoms with Crippen LogP contribution in [0.2, 0.25) is 0 Å². The van der Waals surface area contributed by atoms with Crippen molar-refractivity contribution in [2.75, 3.05) is 14.7 Å². The fourth-order valence-corrected chi connectivity index (χ4v) is 14.5. The average Bonchev–Trinajstić information content (AvgIpc) is 1.29. The van der Waals surface area contributed by atoms with Gasteiger partial charge in [-0.1, -0.05) is 158 Å². The number of nitrogens with zero attached hydrogens (tertiary/aromatic N) is 3. The van der Waals surface area contributed by atoms with E-state index in [0.717, 1.165) is 110 Å². The Balaban J connectivity index is 1.15. The molecule has 0 saturated heterocycles. The van der Waals surface area contributed by atoms with Crippen LogP contribution in [0.15, 0.2) is 144 Å². The third-order valence-electron chi connectivity index (χ3n) is 19.6. The van der Waals surface area contributed by atoms with E-state index in [-0.39, 0.29) is 39.2 Å². The van der Waals surface area contributed by atoms with Crippen molar-refractivity contribution in [1.82, 2.24) is 0 Å². The lowest BCUT2D eigenvalue weighted by atomic mass is 9.33. The molecule has 406 valence electrons. The van der Waals surface area contributed by atoms with Crippen molar-refractivity contribution < 1.29 is 8.53 Å². The van der Waals surface area contributed by atoms with E-state index >= 15 is 0 Å². The molecule has 0 saturated carbocycles. The zero-order valence-corrected chi connectivity index (χ0v) is 50.4. The monoisotopic (exact) mass is 1050 g/mol. The van der Waals surface area contributed by atoms with Crippen molar-refractivity contribution in [3.8, 4) is 0 Å². The second-order valence-corrected chi connectivity index (χ2v) is 29.1. The molecule has 0 amide bonds. The number of fused-ring (bicyclic) bond motifs is 9. The van der Waals surface area contributed by atoms with Gasteiger partial charge in [-0.2, -0.15) is 0 Å². The predicted octanol–water partition coefficient (Wildman–Crippen LogP) is 19.4. The molecule has 0 unspecified atom stereocenters. The van der Waals surface area contributed by atoms with Gasteiger partial charge >= 0.3 is 0 Å². The number of benzene rings is 8. The van der Waals surface area contributed by atoms with Gasteiger partial charge < -0.3 is 19.1 Å². The van der Waals surface area contributed by atoms with E-state index in [1.165, 1.54) is 50.0 Å². The zero-order chi connectivity index (χ0) is 59.0. The van der Waals surface area contributed by atoms with Gasteiger partial charge in [-0.05, 0) is 218 Å². The number of furan rings is 1. The van der Waals surface area contributed by atoms with E-state index in [4.69, 9.17) is 4.42 Å². The first-order chi connectivity index (χ1) is 38.8. The minimum Gasteiger partial charge on any atom is -0.456 e. The van der Waals surface area contributed by atoms with Crippen LogP contribution in [0.4, 0.5) is 51.2 Å². The summed E-state index contributed by atoms with van der Waals surface area (Å²) >= 11 is 0. The van der Waals surface area contributed by atoms with Gasteiger partial charge in [-0.3, -0.25) is 0 Å². The van der Waals surface area contributed by atoms with Crippen LogP contribution in [0.25, 0.3) is 21.9 Å². The number of hydrogen-bond donors (Lipinski definition) is 0. The SMILES string of the molecule is [2H]C([2H])([2H])c1cc2c3c(c1)N(c1ccc4c(c1)C(C)(C)CCC4(C)C)c1cc4c(cc1B3c1ccc(N(c3ccc(C(C)(C)C)cc3C)c3ccc(C(C)(C)C)cc3C)cc1N2c1ccc2c(c1)oc1ccccc12)C(C)(C)CCC4(C)C. The summed E-state index contributed by atoms with van der Waals surface area (Å²) in [6.45, 7) is 34.8. The third kappa shape index (κ3) is 8.13. The number of anilines is 9. The molecule has 0 spiro atoms. The van der Waals surface area contributed by atoms with Crippen molar-refractivity contribution in [3.05, 3.63) is 190 Å². The summed E-state index contributed by atoms with van der Waals surface area (Å²) in [5, 5.41) is 2.10. The smallest absolute Gasteiger partial charge is 0.252 e. The molecular formula is C75H82BN3O. The van der Waals surface area contributed by atoms with E-state index in [1.54, 1.807) is 0 Å². The van der Waals surface area contributed by atoms with Crippen LogP contribution in [0.1, 0.15) is 177 Å². The van der Waals surface area contributed by atoms with E-state index in [1.807, 2.05) is 24.3 Å². The number of para-hydroxylation sites is 1. The molecule has 0 fully saturated rings. The standard InChI is InChI=1S/C75H82BN3O/c1-45-36-65-69-66(37-45)79(52-24-27-54-53-20-18-19-21-67(53)80-68(54)42-52)63-41-51(77(61-30-22-48(38-46(61)2)70(4,5)6)62-31-23-49(39-47(62)3)71(7,8)9)26-29-59(63)76(69)60-43-57-58(75(16,17)35-34-74(57,14)15)44-64(60)78(65)50-25-28-55-56(40-50)73(12,13)33-32-72(55,10)11/h18-31,36-44H,32-35H2,1-17H3/i1D3. The second kappa shape index (κ2) is 17.5. The van der Waals surface area contributed by atoms with Crippen LogP contribution in [-0.2, 0) is 32.5 Å². The minimum absolute atomic E-state index is 0.0199. The summed E-state index contributed by atoms with van der Waals surface area (Å²) in [7, 11) is 0. The second-order valence-electron chi connectivity index (χ2n) is 29.1. The van der Waals surface area contributed by atoms with Crippen LogP contribution in [-0.4, -0.2) is 6.71 Å². The lowest BCUT2D eigenvalue weighted by Gasteiger charge is -2.48. The Hall–Kier alpha value is -6.98. The number of aryl methyl sites for hydroxylation is 3. The van der Waals surface area contributed by atoms with Gasteiger partial charge in [0.25, 0.3) is 6.71 Å². The maximum absolute atomic E-state index is 9.37. The summed E-state index contributed by atoms with van der Waals surface area (Å²) in [5.41, 5.74) is 24.7. The average molecular weight is 1060 g/mol. The highest BCUT2D eigenvalue weighted by Crippen LogP contribution is 2.54. The van der Waals surface area contributed by atoms with Crippen LogP contribution < -0.4 is 31.1 Å². The summed E-state index contributed by atoms with van der Waals surface area (Å²) in [6, 6.07) is 52.2. The number of rotatable bonds is 5. The van der Waals surface area contributed by atoms with Crippen molar-refractivity contribution >= 4 is 96.2 Å². The molecular weight excluding hydrogens is 970 g/mol. The van der Waals surface area contributed by atoms with Gasteiger partial charge in [0.2, 0.25) is 0 Å². The summed E-state index contributed by atoms with van der Waals surface area (Å²) < 4.78 is 34.9. The normalized spacial score (nSPS) is 18.1. The molecule has 0 radical (unpaired) electrons. The summed E-state index contributed by atoms with van der Waals surface area (Å²) in [4.78, 5) is 7.29. The Kier molecular flexibility index (Phi) is 10.7. The van der Waals surface area contributed by atoms with E-state index in [0.29, 0.717) is 5.56 Å². The number of hydrogen-bond acceptors (Lipinski definition) is 4. The molecule has 2 aliphatic carbocycles. The topological polar surface area (TPSA) is 22.9 Å². The Labute approximate surface area is 482 Å². The maximum atomic E-state index is 9.37. The minimum atomic E-state index is -2.43. The molecule has 9 aromatic rings. The Morgan fingerprint density at radius 1 is 0.475 bits per heavy atom. The van der Waals surface area contributed by atoms with Crippen LogP contribution >= 0.6 is 0 Å². The van der Waals surface area contributed by atoms with Gasteiger partial charge in [0.05, 0.1) is 0 Å². The molecule has 8 aromatic carbocycles. The molecule has 2 aliphatic heterocycles. The maximum Gasteiger partial charge on any atom is 0.252 e. The molecule has 4 aliphatic rings. The molecule has 80 heavy (non-hydrogen) atoms. The Bertz CT molecular complexity index is 4120. The molecule has 0 bridgehead atoms. The molecule has 3 heterocycles. The van der Waals surface area contributed by atoms with Crippen molar-refractivity contribution in [2.24, 2.45) is 0 Å². The lowest BCUT2D eigenvalue weighted by Crippen LogP contribution is -2.62. The van der Waals surface area contributed by atoms with Crippen LogP contribution in [0, 0.1) is 20.7 Å². The fraction of sp³-hybridized carbons (Fsp3) is 0.360. The Morgan fingerprint density at radius 3 is 1.56 bits per heavy atom. The largest absolute Gasteiger partial charge is 0.456 e. The first kappa shape index (κ1) is 48.9. The van der Waals surface area contributed by atoms with Crippen LogP contribution in [0.3, 0.4) is 0 Å². The molecule has 13 rings (SSSR count). The van der Waals surface area contributed by atoms with Gasteiger partial charge in [0.1, 0.15) is 11.2 Å². The zero-order valence-electron chi connectivity index (χ0n) is 53.4. The highest BCUT2D eigenvalue weighted by molar-refractivity contribution is 7.00. The highest BCUT2D eigenvalue weighted by Gasteiger charge is 2.48. The predicted molar refractivity (Wildman–Crippen MR) is 345 cm³/mol. The van der Waals surface area contributed by atoms with Gasteiger partial charge in [-0.25, -0.2) is 0 Å². The lowest BCUT2D eigenvalue weighted by molar-refractivity contribution is 0.332. The van der Waals surface area contributed by atoms with E-state index in [2.05, 4.69) is 241 Å². The van der Waals surface area contributed by atoms with Gasteiger partial charge in [0, 0.05) is 72.1 Å². The highest BCUT2D eigenvalue weighted by atomic mass is 16.3. The first-order valence-corrected chi connectivity index (χ1v) is 29.5. The van der Waals surface area contributed by atoms with Gasteiger partial charge in [0.15, 0.2) is 0 Å². The Morgan fingerprint density at radius 2 is 0.988 bits per heavy atom. The molecule has 5 heteroatoms. The molecule has 0 N–H and O–H groups in total. The molecule has 4 nitrogen and oxygen atoms in total. The third-order valence-corrected chi connectivity index (χ3v) is 19.6. The summed E-state index contributed by atoms with van der Waals surface area (Å²) in [5.74, 6) is 0. The molecule has 1 aromatic heterocycles. The van der Waals surface area contributed by atoms with Crippen molar-refractivity contribution in [1.29, 1.82) is 0 Å². The van der Waals surface area contributed by atoms with Gasteiger partial charge in [-0.15, -0.1) is 0 Å². The fourth-order valence-electron chi connectivity index (χ4n) is 14.5. The van der Waals surface area contributed by atoms with Crippen LogP contribution in [0.5, 0.6) is 0 Å². The van der Waals surface area contributed by atoms with Crippen molar-refractivity contribution in [2.45, 2.75) is 176 Å². The first-order valence-electron chi connectivity index (χ1n) is 31.0. The summed E-state index contributed by atoms with van der Waals surface area (Å²) in [6.07, 6.45) is 4.36. The van der Waals surface area contributed by atoms with E-state index in [9.17, 15) is 4.11 Å². The molecule has 0 atom stereocenters. The van der Waals surface area contributed by atoms with Crippen molar-refractivity contribution in [3.63, 3.8) is 0 Å². The van der Waals surface area contributed by atoms with E-state index < -0.39 is 6.85 Å². The quantitative estimate of drug-likeness (QED) is 0.160.